The minimum absolute atomic E-state index is 0.0448. The fourth-order valence-corrected chi connectivity index (χ4v) is 3.47. The third-order valence-corrected chi connectivity index (χ3v) is 4.87. The molecule has 8 nitrogen and oxygen atoms in total. The summed E-state index contributed by atoms with van der Waals surface area (Å²) in [5, 5.41) is 22.4. The van der Waals surface area contributed by atoms with Gasteiger partial charge in [0.25, 0.3) is 5.95 Å². The number of para-hydroxylation sites is 1. The fourth-order valence-electron chi connectivity index (χ4n) is 3.30. The summed E-state index contributed by atoms with van der Waals surface area (Å²) in [5.74, 6) is -1.24. The maximum absolute atomic E-state index is 13.9. The van der Waals surface area contributed by atoms with E-state index in [4.69, 9.17) is 11.6 Å². The molecule has 2 N–H and O–H groups in total. The number of aromatic hydroxyl groups is 1. The second kappa shape index (κ2) is 8.72. The molecule has 0 aliphatic carbocycles. The summed E-state index contributed by atoms with van der Waals surface area (Å²) in [4.78, 5) is 21.0. The first-order valence-corrected chi connectivity index (χ1v) is 9.99. The normalized spacial score (nSPS) is 11.4. The summed E-state index contributed by atoms with van der Waals surface area (Å²) in [6.07, 6.45) is 0. The van der Waals surface area contributed by atoms with Crippen molar-refractivity contribution < 1.29 is 14.3 Å². The van der Waals surface area contributed by atoms with Gasteiger partial charge in [-0.1, -0.05) is 23.7 Å². The standard InChI is InChI=1S/C22H18ClFN6O2/c1-12-9-13(2)26-22(25-12)29-28-20-15-10-14(23)7-8-18(15)30(21(20)32)11-19(31)27-17-6-4-3-5-16(17)24/h3-10,32H,11H2,1-2H3,(H,27,31). The van der Waals surface area contributed by atoms with Crippen molar-refractivity contribution in [1.29, 1.82) is 0 Å². The molecule has 0 aliphatic heterocycles. The van der Waals surface area contributed by atoms with Gasteiger partial charge in [0.1, 0.15) is 12.4 Å². The Morgan fingerprint density at radius 1 is 1.12 bits per heavy atom. The van der Waals surface area contributed by atoms with Crippen LogP contribution in [0, 0.1) is 19.7 Å². The van der Waals surface area contributed by atoms with E-state index in [2.05, 4.69) is 25.5 Å². The molecule has 32 heavy (non-hydrogen) atoms. The van der Waals surface area contributed by atoms with Crippen molar-refractivity contribution >= 4 is 45.7 Å². The highest BCUT2D eigenvalue weighted by Crippen LogP contribution is 2.40. The highest BCUT2D eigenvalue weighted by Gasteiger charge is 2.20. The minimum Gasteiger partial charge on any atom is -0.493 e. The maximum atomic E-state index is 13.9. The van der Waals surface area contributed by atoms with Crippen LogP contribution in [0.15, 0.2) is 58.8 Å². The molecule has 0 saturated carbocycles. The molecule has 10 heteroatoms. The van der Waals surface area contributed by atoms with Gasteiger partial charge in [0.05, 0.1) is 11.2 Å². The maximum Gasteiger partial charge on any atom is 0.269 e. The van der Waals surface area contributed by atoms with Gasteiger partial charge in [-0.3, -0.25) is 4.79 Å². The number of amides is 1. The smallest absolute Gasteiger partial charge is 0.269 e. The van der Waals surface area contributed by atoms with E-state index in [0.717, 1.165) is 11.4 Å². The van der Waals surface area contributed by atoms with Crippen molar-refractivity contribution in [2.24, 2.45) is 10.2 Å². The predicted molar refractivity (Wildman–Crippen MR) is 119 cm³/mol. The first-order valence-electron chi connectivity index (χ1n) is 9.61. The van der Waals surface area contributed by atoms with Gasteiger partial charge in [0.2, 0.25) is 11.8 Å². The first kappa shape index (κ1) is 21.4. The number of nitrogens with one attached hydrogen (secondary N) is 1. The second-order valence-corrected chi connectivity index (χ2v) is 7.53. The van der Waals surface area contributed by atoms with Gasteiger partial charge in [-0.05, 0) is 50.2 Å². The highest BCUT2D eigenvalue weighted by molar-refractivity contribution is 6.31. The van der Waals surface area contributed by atoms with E-state index in [9.17, 15) is 14.3 Å². The van der Waals surface area contributed by atoms with Gasteiger partial charge < -0.3 is 15.0 Å². The zero-order valence-electron chi connectivity index (χ0n) is 17.2. The molecule has 2 aromatic heterocycles. The number of carbonyl (C=O) groups is 1. The number of halogens is 2. The Hall–Kier alpha value is -3.85. The zero-order valence-corrected chi connectivity index (χ0v) is 17.9. The quantitative estimate of drug-likeness (QED) is 0.384. The number of fused-ring (bicyclic) bond motifs is 1. The largest absolute Gasteiger partial charge is 0.493 e. The molecule has 4 rings (SSSR count). The predicted octanol–water partition coefficient (Wildman–Crippen LogP) is 5.60. The average molecular weight is 453 g/mol. The third kappa shape index (κ3) is 4.42. The van der Waals surface area contributed by atoms with E-state index < -0.39 is 11.7 Å². The molecule has 4 aromatic rings. The number of rotatable bonds is 5. The van der Waals surface area contributed by atoms with Gasteiger partial charge in [0.15, 0.2) is 5.69 Å². The van der Waals surface area contributed by atoms with E-state index >= 15 is 0 Å². The van der Waals surface area contributed by atoms with Crippen LogP contribution in [0.25, 0.3) is 10.9 Å². The number of nitrogens with zero attached hydrogens (tertiary/aromatic N) is 5. The summed E-state index contributed by atoms with van der Waals surface area (Å²) in [7, 11) is 0. The SMILES string of the molecule is Cc1cc(C)nc(N=Nc2c(O)n(CC(=O)Nc3ccccc3F)c3ccc(Cl)cc23)n1. The van der Waals surface area contributed by atoms with Crippen molar-refractivity contribution in [3.8, 4) is 5.88 Å². The lowest BCUT2D eigenvalue weighted by Crippen LogP contribution is -2.19. The lowest BCUT2D eigenvalue weighted by atomic mass is 10.2. The lowest BCUT2D eigenvalue weighted by Gasteiger charge is -2.09. The van der Waals surface area contributed by atoms with Gasteiger partial charge in [-0.15, -0.1) is 10.2 Å². The Balaban J connectivity index is 1.71. The van der Waals surface area contributed by atoms with Crippen LogP contribution in [-0.4, -0.2) is 25.5 Å². The monoisotopic (exact) mass is 452 g/mol. The first-order chi connectivity index (χ1) is 15.3. The Labute approximate surface area is 187 Å². The van der Waals surface area contributed by atoms with Crippen LogP contribution >= 0.6 is 11.6 Å². The van der Waals surface area contributed by atoms with E-state index in [0.29, 0.717) is 15.9 Å². The number of azo groups is 1. The van der Waals surface area contributed by atoms with Gasteiger partial charge in [-0.2, -0.15) is 0 Å². The van der Waals surface area contributed by atoms with Crippen molar-refractivity contribution in [2.45, 2.75) is 20.4 Å². The van der Waals surface area contributed by atoms with Crippen LogP contribution in [0.1, 0.15) is 11.4 Å². The molecule has 0 saturated heterocycles. The van der Waals surface area contributed by atoms with E-state index in [1.54, 1.807) is 30.3 Å². The van der Waals surface area contributed by atoms with Gasteiger partial charge in [-0.25, -0.2) is 14.4 Å². The number of benzene rings is 2. The molecular formula is C22H18ClFN6O2. The van der Waals surface area contributed by atoms with Gasteiger partial charge in [0, 0.05) is 21.8 Å². The molecule has 0 bridgehead atoms. The van der Waals surface area contributed by atoms with Crippen LogP contribution in [0.3, 0.4) is 0 Å². The Bertz CT molecular complexity index is 1350. The molecule has 2 heterocycles. The molecule has 0 spiro atoms. The van der Waals surface area contributed by atoms with Crippen LogP contribution in [-0.2, 0) is 11.3 Å². The van der Waals surface area contributed by atoms with Gasteiger partial charge >= 0.3 is 0 Å². The number of hydrogen-bond acceptors (Lipinski definition) is 6. The Morgan fingerprint density at radius 3 is 2.56 bits per heavy atom. The van der Waals surface area contributed by atoms with Crippen LogP contribution in [0.4, 0.5) is 21.7 Å². The third-order valence-electron chi connectivity index (χ3n) is 4.63. The molecule has 0 aliphatic rings. The number of aryl methyl sites for hydroxylation is 2. The number of anilines is 1. The van der Waals surface area contributed by atoms with Crippen molar-refractivity contribution in [2.75, 3.05) is 5.32 Å². The van der Waals surface area contributed by atoms with Crippen LogP contribution in [0.2, 0.25) is 5.02 Å². The van der Waals surface area contributed by atoms with Crippen molar-refractivity contribution in [1.82, 2.24) is 14.5 Å². The molecule has 162 valence electrons. The fraction of sp³-hybridized carbons (Fsp3) is 0.136. The molecule has 0 atom stereocenters. The highest BCUT2D eigenvalue weighted by atomic mass is 35.5. The molecule has 0 radical (unpaired) electrons. The minimum atomic E-state index is -0.558. The summed E-state index contributed by atoms with van der Waals surface area (Å²) >= 11 is 6.13. The second-order valence-electron chi connectivity index (χ2n) is 7.10. The summed E-state index contributed by atoms with van der Waals surface area (Å²) < 4.78 is 15.2. The zero-order chi connectivity index (χ0) is 22.8. The van der Waals surface area contributed by atoms with E-state index in [1.165, 1.54) is 22.8 Å². The summed E-state index contributed by atoms with van der Waals surface area (Å²) in [6.45, 7) is 3.34. The lowest BCUT2D eigenvalue weighted by molar-refractivity contribution is -0.116. The molecule has 2 aromatic carbocycles. The van der Waals surface area contributed by atoms with Crippen LogP contribution in [0.5, 0.6) is 5.88 Å². The summed E-state index contributed by atoms with van der Waals surface area (Å²) in [5.41, 5.74) is 2.12. The number of hydrogen-bond donors (Lipinski definition) is 2. The van der Waals surface area contributed by atoms with Crippen LogP contribution < -0.4 is 5.32 Å². The Kier molecular flexibility index (Phi) is 5.83. The van der Waals surface area contributed by atoms with E-state index in [1.807, 2.05) is 13.8 Å². The Morgan fingerprint density at radius 2 is 1.84 bits per heavy atom. The molecule has 1 amide bonds. The summed E-state index contributed by atoms with van der Waals surface area (Å²) in [6, 6.07) is 12.5. The van der Waals surface area contributed by atoms with Crippen molar-refractivity contribution in [3.05, 3.63) is 70.8 Å². The molecular weight excluding hydrogens is 435 g/mol. The number of aromatic nitrogens is 3. The number of carbonyl (C=O) groups excluding carboxylic acids is 1. The molecule has 0 unspecified atom stereocenters. The molecule has 0 fully saturated rings. The topological polar surface area (TPSA) is 105 Å². The van der Waals surface area contributed by atoms with E-state index in [-0.39, 0.29) is 29.7 Å². The average Bonchev–Trinajstić information content (AvgIpc) is 2.98. The van der Waals surface area contributed by atoms with Crippen molar-refractivity contribution in [3.63, 3.8) is 0 Å².